The summed E-state index contributed by atoms with van der Waals surface area (Å²) in [5.41, 5.74) is 0. The zero-order chi connectivity index (χ0) is 11.0. The molecule has 1 aliphatic rings. The molecule has 1 aliphatic heterocycles. The summed E-state index contributed by atoms with van der Waals surface area (Å²) >= 11 is -1.82. The lowest BCUT2D eigenvalue weighted by molar-refractivity contribution is -0.0503. The molecule has 0 aromatic heterocycles. The van der Waals surface area contributed by atoms with Crippen molar-refractivity contribution in [1.29, 1.82) is 0 Å². The molecule has 3 unspecified atom stereocenters. The summed E-state index contributed by atoms with van der Waals surface area (Å²) in [5.74, 6) is 0. The van der Waals surface area contributed by atoms with E-state index in [4.69, 9.17) is 14.0 Å². The van der Waals surface area contributed by atoms with E-state index in [1.807, 2.05) is 0 Å². The quantitative estimate of drug-likeness (QED) is 0.673. The van der Waals surface area contributed by atoms with Crippen LogP contribution in [-0.4, -0.2) is 41.7 Å². The summed E-state index contributed by atoms with van der Waals surface area (Å²) in [7, 11) is 3.17. The van der Waals surface area contributed by atoms with Crippen LogP contribution in [0.1, 0.15) is 19.8 Å². The number of hydrogen-bond donors (Lipinski definition) is 2. The van der Waals surface area contributed by atoms with E-state index in [-0.39, 0.29) is 0 Å². The first-order chi connectivity index (χ1) is 6.60. The molecule has 0 saturated carbocycles. The van der Waals surface area contributed by atoms with Gasteiger partial charge in [-0.3, -0.25) is 4.55 Å². The SMILES string of the molecule is CNS(=O)O.COC1CCOC(C)C1. The number of ether oxygens (including phenoxy) is 2. The van der Waals surface area contributed by atoms with Gasteiger partial charge in [-0.05, 0) is 26.8 Å². The normalized spacial score (nSPS) is 28.9. The fraction of sp³-hybridized carbons (Fsp3) is 1.00. The summed E-state index contributed by atoms with van der Waals surface area (Å²) in [6.45, 7) is 2.95. The monoisotopic (exact) mass is 225 g/mol. The molecule has 3 atom stereocenters. The predicted molar refractivity (Wildman–Crippen MR) is 55.3 cm³/mol. The van der Waals surface area contributed by atoms with Crippen LogP contribution in [0.3, 0.4) is 0 Å². The average molecular weight is 225 g/mol. The Kier molecular flexibility index (Phi) is 8.30. The van der Waals surface area contributed by atoms with Crippen LogP contribution in [0.25, 0.3) is 0 Å². The third kappa shape index (κ3) is 7.40. The molecule has 1 fully saturated rings. The van der Waals surface area contributed by atoms with Gasteiger partial charge in [0.05, 0.1) is 12.2 Å². The maximum atomic E-state index is 9.37. The molecule has 1 heterocycles. The summed E-state index contributed by atoms with van der Waals surface area (Å²) in [6, 6.07) is 0. The van der Waals surface area contributed by atoms with Crippen LogP contribution in [0.5, 0.6) is 0 Å². The lowest BCUT2D eigenvalue weighted by atomic mass is 10.1. The second-order valence-electron chi connectivity index (χ2n) is 3.02. The van der Waals surface area contributed by atoms with Crippen LogP contribution in [0.2, 0.25) is 0 Å². The molecule has 0 aromatic carbocycles. The Morgan fingerprint density at radius 2 is 2.21 bits per heavy atom. The smallest absolute Gasteiger partial charge is 0.231 e. The molecule has 86 valence electrons. The lowest BCUT2D eigenvalue weighted by Gasteiger charge is -2.25. The van der Waals surface area contributed by atoms with Gasteiger partial charge in [0.1, 0.15) is 0 Å². The van der Waals surface area contributed by atoms with Gasteiger partial charge < -0.3 is 9.47 Å². The number of hydrogen-bond acceptors (Lipinski definition) is 3. The van der Waals surface area contributed by atoms with Crippen molar-refractivity contribution in [3.8, 4) is 0 Å². The lowest BCUT2D eigenvalue weighted by Crippen LogP contribution is -2.27. The largest absolute Gasteiger partial charge is 0.381 e. The van der Waals surface area contributed by atoms with Crippen molar-refractivity contribution in [3.63, 3.8) is 0 Å². The van der Waals surface area contributed by atoms with Crippen LogP contribution in [-0.2, 0) is 20.7 Å². The van der Waals surface area contributed by atoms with E-state index in [1.165, 1.54) is 7.05 Å². The van der Waals surface area contributed by atoms with Gasteiger partial charge in [-0.2, -0.15) is 0 Å². The van der Waals surface area contributed by atoms with Crippen molar-refractivity contribution in [2.24, 2.45) is 0 Å². The zero-order valence-electron chi connectivity index (χ0n) is 8.86. The highest BCUT2D eigenvalue weighted by molar-refractivity contribution is 7.77. The third-order valence-corrected chi connectivity index (χ3v) is 2.29. The second-order valence-corrected chi connectivity index (χ2v) is 3.92. The van der Waals surface area contributed by atoms with Gasteiger partial charge in [0, 0.05) is 13.7 Å². The minimum absolute atomic E-state index is 0.392. The maximum Gasteiger partial charge on any atom is 0.231 e. The molecule has 1 rings (SSSR count). The molecule has 0 aromatic rings. The first kappa shape index (κ1) is 14.0. The summed E-state index contributed by atoms with van der Waals surface area (Å²) in [4.78, 5) is 0. The second kappa shape index (κ2) is 8.31. The van der Waals surface area contributed by atoms with Crippen molar-refractivity contribution in [1.82, 2.24) is 4.72 Å². The minimum atomic E-state index is -1.82. The van der Waals surface area contributed by atoms with Gasteiger partial charge in [0.2, 0.25) is 11.3 Å². The highest BCUT2D eigenvalue weighted by Crippen LogP contribution is 2.14. The molecule has 0 aliphatic carbocycles. The van der Waals surface area contributed by atoms with Gasteiger partial charge in [-0.15, -0.1) is 0 Å². The summed E-state index contributed by atoms with van der Waals surface area (Å²) in [6.07, 6.45) is 2.94. The molecule has 1 saturated heterocycles. The number of methoxy groups -OCH3 is 1. The third-order valence-electron chi connectivity index (χ3n) is 1.94. The van der Waals surface area contributed by atoms with Gasteiger partial charge in [0.15, 0.2) is 0 Å². The average Bonchev–Trinajstić information content (AvgIpc) is 2.18. The van der Waals surface area contributed by atoms with Crippen LogP contribution >= 0.6 is 0 Å². The summed E-state index contributed by atoms with van der Waals surface area (Å²) < 4.78 is 29.7. The van der Waals surface area contributed by atoms with E-state index in [1.54, 1.807) is 7.11 Å². The molecule has 0 bridgehead atoms. The molecular formula is C8H19NO4S. The fourth-order valence-corrected chi connectivity index (χ4v) is 1.17. The van der Waals surface area contributed by atoms with E-state index in [0.717, 1.165) is 19.4 Å². The highest BCUT2D eigenvalue weighted by atomic mass is 32.2. The Morgan fingerprint density at radius 3 is 2.50 bits per heavy atom. The predicted octanol–water partition coefficient (Wildman–Crippen LogP) is 0.543. The zero-order valence-corrected chi connectivity index (χ0v) is 9.67. The Balaban J connectivity index is 0.000000292. The van der Waals surface area contributed by atoms with Crippen LogP contribution < -0.4 is 4.72 Å². The first-order valence-electron chi connectivity index (χ1n) is 4.52. The van der Waals surface area contributed by atoms with E-state index in [0.29, 0.717) is 12.2 Å². The number of rotatable bonds is 2. The molecule has 0 spiro atoms. The Hall–Kier alpha value is -0.0100. The Morgan fingerprint density at radius 1 is 1.64 bits per heavy atom. The maximum absolute atomic E-state index is 9.37. The molecule has 0 amide bonds. The van der Waals surface area contributed by atoms with Crippen molar-refractivity contribution < 1.29 is 18.2 Å². The molecule has 2 N–H and O–H groups in total. The van der Waals surface area contributed by atoms with Crippen LogP contribution in [0, 0.1) is 0 Å². The van der Waals surface area contributed by atoms with Crippen molar-refractivity contribution >= 4 is 11.3 Å². The van der Waals surface area contributed by atoms with E-state index in [2.05, 4.69) is 11.6 Å². The number of nitrogens with one attached hydrogen (secondary N) is 1. The first-order valence-corrected chi connectivity index (χ1v) is 5.63. The van der Waals surface area contributed by atoms with Crippen molar-refractivity contribution in [2.75, 3.05) is 20.8 Å². The Labute approximate surface area is 87.6 Å². The van der Waals surface area contributed by atoms with Gasteiger partial charge >= 0.3 is 0 Å². The van der Waals surface area contributed by atoms with E-state index >= 15 is 0 Å². The molecular weight excluding hydrogens is 206 g/mol. The minimum Gasteiger partial charge on any atom is -0.381 e. The molecule has 6 heteroatoms. The molecule has 14 heavy (non-hydrogen) atoms. The molecule has 0 radical (unpaired) electrons. The van der Waals surface area contributed by atoms with Crippen LogP contribution in [0.4, 0.5) is 0 Å². The summed E-state index contributed by atoms with van der Waals surface area (Å²) in [5, 5.41) is 0. The highest BCUT2D eigenvalue weighted by Gasteiger charge is 2.17. The van der Waals surface area contributed by atoms with Gasteiger partial charge in [-0.1, -0.05) is 0 Å². The van der Waals surface area contributed by atoms with Crippen molar-refractivity contribution in [2.45, 2.75) is 32.0 Å². The van der Waals surface area contributed by atoms with E-state index < -0.39 is 11.3 Å². The van der Waals surface area contributed by atoms with Gasteiger partial charge in [0.25, 0.3) is 0 Å². The topological polar surface area (TPSA) is 67.8 Å². The fourth-order valence-electron chi connectivity index (χ4n) is 1.17. The van der Waals surface area contributed by atoms with Crippen molar-refractivity contribution in [3.05, 3.63) is 0 Å². The van der Waals surface area contributed by atoms with E-state index in [9.17, 15) is 4.21 Å². The molecule has 5 nitrogen and oxygen atoms in total. The standard InChI is InChI=1S/C7H14O2.CH5NO2S/c1-6-5-7(8-2)3-4-9-6;1-2-5(3)4/h6-7H,3-5H2,1-2H3;2H,1H3,(H,3,4). The van der Waals surface area contributed by atoms with Crippen LogP contribution in [0.15, 0.2) is 0 Å². The van der Waals surface area contributed by atoms with Gasteiger partial charge in [-0.25, -0.2) is 8.93 Å². The Bertz CT molecular complexity index is 167.